The van der Waals surface area contributed by atoms with Crippen LogP contribution in [0.4, 0.5) is 5.13 Å². The molecular formula is C25H23N3O5S. The normalized spacial score (nSPS) is 12.1. The Morgan fingerprint density at radius 3 is 2.62 bits per heavy atom. The minimum atomic E-state index is -0.222. The van der Waals surface area contributed by atoms with Crippen LogP contribution in [0.25, 0.3) is 0 Å². The maximum absolute atomic E-state index is 12.7. The number of aromatic nitrogens is 2. The van der Waals surface area contributed by atoms with Crippen LogP contribution in [-0.4, -0.2) is 22.8 Å². The van der Waals surface area contributed by atoms with Gasteiger partial charge in [-0.3, -0.25) is 10.1 Å². The second kappa shape index (κ2) is 9.18. The fourth-order valence-corrected chi connectivity index (χ4v) is 4.61. The Hall–Kier alpha value is -3.85. The van der Waals surface area contributed by atoms with E-state index in [1.165, 1.54) is 11.3 Å². The smallest absolute Gasteiger partial charge is 0.257 e. The average Bonchev–Trinajstić information content (AvgIpc) is 3.52. The number of carbonyl (C=O) groups excluding carboxylic acids is 1. The number of hydrogen-bond donors (Lipinski definition) is 1. The van der Waals surface area contributed by atoms with Crippen LogP contribution in [0.3, 0.4) is 0 Å². The number of fused-ring (bicyclic) bond motifs is 1. The molecule has 8 nitrogen and oxygen atoms in total. The van der Waals surface area contributed by atoms with E-state index < -0.39 is 0 Å². The van der Waals surface area contributed by atoms with Crippen molar-refractivity contribution in [2.75, 3.05) is 12.1 Å². The second-order valence-electron chi connectivity index (χ2n) is 7.96. The number of nitrogens with one attached hydrogen (secondary N) is 1. The minimum absolute atomic E-state index is 0.222. The number of benzene rings is 2. The van der Waals surface area contributed by atoms with E-state index in [9.17, 15) is 4.79 Å². The maximum Gasteiger partial charge on any atom is 0.257 e. The average molecular weight is 478 g/mol. The van der Waals surface area contributed by atoms with E-state index in [-0.39, 0.29) is 12.7 Å². The number of aryl methyl sites for hydroxylation is 3. The molecule has 0 aliphatic carbocycles. The summed E-state index contributed by atoms with van der Waals surface area (Å²) in [7, 11) is 0. The molecule has 2 aromatic heterocycles. The number of hydrogen-bond acceptors (Lipinski definition) is 8. The van der Waals surface area contributed by atoms with Gasteiger partial charge in [0, 0.05) is 16.9 Å². The van der Waals surface area contributed by atoms with Crippen LogP contribution in [0, 0.1) is 20.8 Å². The molecule has 174 valence electrons. The van der Waals surface area contributed by atoms with E-state index in [1.54, 1.807) is 24.3 Å². The first-order chi connectivity index (χ1) is 16.5. The molecule has 0 bridgehead atoms. The second-order valence-corrected chi connectivity index (χ2v) is 9.05. The van der Waals surface area contributed by atoms with Gasteiger partial charge in [-0.2, -0.15) is 0 Å². The van der Waals surface area contributed by atoms with Crippen molar-refractivity contribution in [3.05, 3.63) is 81.2 Å². The maximum atomic E-state index is 12.7. The number of anilines is 1. The third kappa shape index (κ3) is 4.60. The standard InChI is InChI=1S/C25H23N3O5S/c1-14-20(16(3)33-28-14)12-30-19-7-5-18(6-8-19)24(29)27-25-26-15(2)23(34-25)11-17-4-9-21-22(10-17)32-13-31-21/h4-10H,11-13H2,1-3H3,(H,26,27,29). The van der Waals surface area contributed by atoms with Gasteiger partial charge >= 0.3 is 0 Å². The highest BCUT2D eigenvalue weighted by Crippen LogP contribution is 2.34. The van der Waals surface area contributed by atoms with E-state index >= 15 is 0 Å². The third-order valence-corrected chi connectivity index (χ3v) is 6.67. The summed E-state index contributed by atoms with van der Waals surface area (Å²) in [5, 5.41) is 7.39. The molecule has 0 spiro atoms. The van der Waals surface area contributed by atoms with Crippen molar-refractivity contribution in [3.63, 3.8) is 0 Å². The van der Waals surface area contributed by atoms with Crippen molar-refractivity contribution in [3.8, 4) is 17.2 Å². The van der Waals surface area contributed by atoms with E-state index in [1.807, 2.05) is 39.0 Å². The molecule has 0 unspecified atom stereocenters. The molecule has 5 rings (SSSR count). The summed E-state index contributed by atoms with van der Waals surface area (Å²) in [6.45, 7) is 6.29. The van der Waals surface area contributed by atoms with Crippen LogP contribution in [-0.2, 0) is 13.0 Å². The highest BCUT2D eigenvalue weighted by atomic mass is 32.1. The molecule has 0 saturated carbocycles. The Balaban J connectivity index is 1.20. The monoisotopic (exact) mass is 477 g/mol. The quantitative estimate of drug-likeness (QED) is 0.390. The largest absolute Gasteiger partial charge is 0.489 e. The van der Waals surface area contributed by atoms with Crippen LogP contribution >= 0.6 is 11.3 Å². The lowest BCUT2D eigenvalue weighted by Crippen LogP contribution is -2.11. The minimum Gasteiger partial charge on any atom is -0.489 e. The molecule has 3 heterocycles. The number of rotatable bonds is 7. The molecule has 4 aromatic rings. The van der Waals surface area contributed by atoms with Gasteiger partial charge in [0.1, 0.15) is 18.1 Å². The Kier molecular flexibility index (Phi) is 5.93. The zero-order valence-electron chi connectivity index (χ0n) is 19.0. The van der Waals surface area contributed by atoms with Crippen molar-refractivity contribution in [2.45, 2.75) is 33.8 Å². The Labute approximate surface area is 200 Å². The van der Waals surface area contributed by atoms with Crippen LogP contribution in [0.1, 0.15) is 43.5 Å². The predicted octanol–water partition coefficient (Wildman–Crippen LogP) is 5.21. The van der Waals surface area contributed by atoms with Gasteiger partial charge in [0.15, 0.2) is 16.6 Å². The van der Waals surface area contributed by atoms with Crippen LogP contribution in [0.5, 0.6) is 17.2 Å². The topological polar surface area (TPSA) is 95.7 Å². The third-order valence-electron chi connectivity index (χ3n) is 5.60. The summed E-state index contributed by atoms with van der Waals surface area (Å²) in [4.78, 5) is 18.3. The molecular weight excluding hydrogens is 454 g/mol. The lowest BCUT2D eigenvalue weighted by Gasteiger charge is -2.07. The summed E-state index contributed by atoms with van der Waals surface area (Å²) >= 11 is 1.47. The van der Waals surface area contributed by atoms with E-state index in [0.29, 0.717) is 29.5 Å². The van der Waals surface area contributed by atoms with Crippen LogP contribution in [0.15, 0.2) is 47.0 Å². The first kappa shape index (κ1) is 22.0. The van der Waals surface area contributed by atoms with Gasteiger partial charge in [0.2, 0.25) is 6.79 Å². The summed E-state index contributed by atoms with van der Waals surface area (Å²) < 4.78 is 21.8. The summed E-state index contributed by atoms with van der Waals surface area (Å²) in [5.41, 5.74) is 4.25. The Bertz CT molecular complexity index is 1320. The molecule has 1 N–H and O–H groups in total. The van der Waals surface area contributed by atoms with Crippen molar-refractivity contribution in [1.82, 2.24) is 10.1 Å². The van der Waals surface area contributed by atoms with Gasteiger partial charge in [-0.05, 0) is 62.7 Å². The lowest BCUT2D eigenvalue weighted by atomic mass is 10.1. The fraction of sp³-hybridized carbons (Fsp3) is 0.240. The summed E-state index contributed by atoms with van der Waals surface area (Å²) in [6, 6.07) is 12.9. The Morgan fingerprint density at radius 2 is 1.85 bits per heavy atom. The van der Waals surface area contributed by atoms with E-state index in [2.05, 4.69) is 15.5 Å². The van der Waals surface area contributed by atoms with Gasteiger partial charge in [-0.1, -0.05) is 11.2 Å². The fourth-order valence-electron chi connectivity index (χ4n) is 3.62. The molecule has 34 heavy (non-hydrogen) atoms. The lowest BCUT2D eigenvalue weighted by molar-refractivity contribution is 0.102. The molecule has 9 heteroatoms. The molecule has 2 aromatic carbocycles. The number of ether oxygens (including phenoxy) is 3. The summed E-state index contributed by atoms with van der Waals surface area (Å²) in [5.74, 6) is 2.70. The van der Waals surface area contributed by atoms with E-state index in [0.717, 1.165) is 44.7 Å². The number of carbonyl (C=O) groups is 1. The molecule has 0 saturated heterocycles. The van der Waals surface area contributed by atoms with Crippen molar-refractivity contribution < 1.29 is 23.5 Å². The molecule has 0 fully saturated rings. The molecule has 1 aliphatic heterocycles. The van der Waals surface area contributed by atoms with Gasteiger partial charge in [-0.15, -0.1) is 11.3 Å². The van der Waals surface area contributed by atoms with Crippen LogP contribution in [0.2, 0.25) is 0 Å². The number of amides is 1. The van der Waals surface area contributed by atoms with Crippen molar-refractivity contribution in [2.24, 2.45) is 0 Å². The number of thiazole rings is 1. The van der Waals surface area contributed by atoms with Gasteiger partial charge in [0.25, 0.3) is 5.91 Å². The van der Waals surface area contributed by atoms with Gasteiger partial charge in [0.05, 0.1) is 17.0 Å². The SMILES string of the molecule is Cc1nc(NC(=O)c2ccc(OCc3c(C)noc3C)cc2)sc1Cc1ccc2c(c1)OCO2. The highest BCUT2D eigenvalue weighted by Gasteiger charge is 2.16. The summed E-state index contributed by atoms with van der Waals surface area (Å²) in [6.07, 6.45) is 0.702. The zero-order valence-corrected chi connectivity index (χ0v) is 19.8. The first-order valence-electron chi connectivity index (χ1n) is 10.8. The van der Waals surface area contributed by atoms with Crippen molar-refractivity contribution in [1.29, 1.82) is 0 Å². The molecule has 0 radical (unpaired) electrons. The van der Waals surface area contributed by atoms with E-state index in [4.69, 9.17) is 18.7 Å². The van der Waals surface area contributed by atoms with Gasteiger partial charge in [-0.25, -0.2) is 4.98 Å². The number of nitrogens with zero attached hydrogens (tertiary/aromatic N) is 2. The molecule has 1 amide bonds. The van der Waals surface area contributed by atoms with Gasteiger partial charge < -0.3 is 18.7 Å². The van der Waals surface area contributed by atoms with Crippen LogP contribution < -0.4 is 19.5 Å². The zero-order chi connectivity index (χ0) is 23.7. The van der Waals surface area contributed by atoms with Crippen molar-refractivity contribution >= 4 is 22.4 Å². The molecule has 1 aliphatic rings. The Morgan fingerprint density at radius 1 is 1.06 bits per heavy atom. The predicted molar refractivity (Wildman–Crippen MR) is 127 cm³/mol. The molecule has 0 atom stereocenters. The highest BCUT2D eigenvalue weighted by molar-refractivity contribution is 7.15. The first-order valence-corrected chi connectivity index (χ1v) is 11.6.